The van der Waals surface area contributed by atoms with E-state index in [1.165, 1.54) is 6.07 Å². The topological polar surface area (TPSA) is 94.0 Å². The van der Waals surface area contributed by atoms with Crippen molar-refractivity contribution in [2.75, 3.05) is 5.32 Å². The SMILES string of the molecule is Cc1nc2c(OCc3c(F)cccc3F)cccn2c1C(=O)Nc1ccccc1CNC(=O)OC(C)(C)C. The number of fused-ring (bicyclic) bond motifs is 1. The molecule has 4 aromatic rings. The molecule has 0 aliphatic carbocycles. The first kappa shape index (κ1) is 26.6. The highest BCUT2D eigenvalue weighted by Gasteiger charge is 2.21. The molecular formula is C28H28F2N4O4. The van der Waals surface area contributed by atoms with Crippen molar-refractivity contribution in [3.63, 3.8) is 0 Å². The fraction of sp³-hybridized carbons (Fsp3) is 0.250. The second-order valence-electron chi connectivity index (χ2n) is 9.57. The van der Waals surface area contributed by atoms with Gasteiger partial charge in [0.05, 0.1) is 11.3 Å². The largest absolute Gasteiger partial charge is 0.485 e. The summed E-state index contributed by atoms with van der Waals surface area (Å²) >= 11 is 0. The molecule has 0 atom stereocenters. The number of pyridine rings is 1. The zero-order valence-corrected chi connectivity index (χ0v) is 21.5. The number of aromatic nitrogens is 2. The van der Waals surface area contributed by atoms with Gasteiger partial charge in [-0.3, -0.25) is 9.20 Å². The molecule has 0 spiro atoms. The first-order valence-corrected chi connectivity index (χ1v) is 11.9. The summed E-state index contributed by atoms with van der Waals surface area (Å²) in [4.78, 5) is 29.9. The van der Waals surface area contributed by atoms with E-state index in [0.29, 0.717) is 22.6 Å². The van der Waals surface area contributed by atoms with Gasteiger partial charge in [-0.2, -0.15) is 0 Å². The summed E-state index contributed by atoms with van der Waals surface area (Å²) in [5.41, 5.74) is 1.36. The maximum Gasteiger partial charge on any atom is 0.407 e. The Balaban J connectivity index is 1.54. The van der Waals surface area contributed by atoms with Crippen molar-refractivity contribution in [3.05, 3.63) is 94.9 Å². The van der Waals surface area contributed by atoms with Crippen LogP contribution >= 0.6 is 0 Å². The lowest BCUT2D eigenvalue weighted by atomic mass is 10.1. The van der Waals surface area contributed by atoms with Gasteiger partial charge in [-0.05, 0) is 63.6 Å². The Bertz CT molecular complexity index is 1470. The highest BCUT2D eigenvalue weighted by atomic mass is 19.1. The van der Waals surface area contributed by atoms with Crippen LogP contribution in [0.4, 0.5) is 19.3 Å². The van der Waals surface area contributed by atoms with Crippen molar-refractivity contribution in [3.8, 4) is 5.75 Å². The fourth-order valence-electron chi connectivity index (χ4n) is 3.82. The van der Waals surface area contributed by atoms with Gasteiger partial charge in [0.2, 0.25) is 0 Å². The molecule has 38 heavy (non-hydrogen) atoms. The van der Waals surface area contributed by atoms with E-state index in [2.05, 4.69) is 15.6 Å². The van der Waals surface area contributed by atoms with E-state index in [9.17, 15) is 18.4 Å². The Morgan fingerprint density at radius 2 is 1.71 bits per heavy atom. The van der Waals surface area contributed by atoms with Crippen molar-refractivity contribution in [2.45, 2.75) is 46.4 Å². The molecule has 2 heterocycles. The average molecular weight is 523 g/mol. The number of carbonyl (C=O) groups excluding carboxylic acids is 2. The number of carbonyl (C=O) groups is 2. The standard InChI is InChI=1S/C28H28F2N4O4/c1-17-24(26(35)33-22-12-6-5-9-18(22)15-31-27(36)38-28(2,3)4)34-14-8-13-23(25(34)32-17)37-16-19-20(29)10-7-11-21(19)30/h5-14H,15-16H2,1-4H3,(H,31,36)(H,33,35). The molecule has 10 heteroatoms. The number of amides is 2. The number of imidazole rings is 1. The van der Waals surface area contributed by atoms with E-state index in [-0.39, 0.29) is 30.2 Å². The van der Waals surface area contributed by atoms with Gasteiger partial charge in [0.15, 0.2) is 11.4 Å². The van der Waals surface area contributed by atoms with E-state index in [1.807, 2.05) is 0 Å². The molecule has 0 aliphatic rings. The monoisotopic (exact) mass is 522 g/mol. The Morgan fingerprint density at radius 3 is 2.42 bits per heavy atom. The smallest absolute Gasteiger partial charge is 0.407 e. The summed E-state index contributed by atoms with van der Waals surface area (Å²) in [6.45, 7) is 6.79. The van der Waals surface area contributed by atoms with Crippen molar-refractivity contribution in [1.29, 1.82) is 0 Å². The van der Waals surface area contributed by atoms with Gasteiger partial charge >= 0.3 is 6.09 Å². The third kappa shape index (κ3) is 6.08. The van der Waals surface area contributed by atoms with Gasteiger partial charge in [-0.1, -0.05) is 24.3 Å². The number of benzene rings is 2. The maximum atomic E-state index is 14.0. The molecule has 2 aromatic carbocycles. The number of alkyl carbamates (subject to hydrolysis) is 1. The predicted octanol–water partition coefficient (Wildman–Crippen LogP) is 5.78. The second-order valence-corrected chi connectivity index (χ2v) is 9.57. The van der Waals surface area contributed by atoms with E-state index < -0.39 is 29.2 Å². The average Bonchev–Trinajstić information content (AvgIpc) is 3.18. The van der Waals surface area contributed by atoms with Gasteiger partial charge < -0.3 is 20.1 Å². The number of para-hydroxylation sites is 1. The third-order valence-corrected chi connectivity index (χ3v) is 5.52. The number of aryl methyl sites for hydroxylation is 1. The zero-order chi connectivity index (χ0) is 27.4. The number of hydrogen-bond acceptors (Lipinski definition) is 5. The molecular weight excluding hydrogens is 494 g/mol. The Labute approximate surface area is 218 Å². The summed E-state index contributed by atoms with van der Waals surface area (Å²) in [5, 5.41) is 5.57. The van der Waals surface area contributed by atoms with Crippen LogP contribution in [0.1, 0.15) is 48.1 Å². The number of halogens is 2. The summed E-state index contributed by atoms with van der Waals surface area (Å²) < 4.78 is 40.6. The molecule has 0 bridgehead atoms. The summed E-state index contributed by atoms with van der Waals surface area (Å²) in [6.07, 6.45) is 1.08. The minimum absolute atomic E-state index is 0.141. The van der Waals surface area contributed by atoms with Crippen LogP contribution in [0, 0.1) is 18.6 Å². The zero-order valence-electron chi connectivity index (χ0n) is 21.5. The van der Waals surface area contributed by atoms with Crippen LogP contribution in [0.3, 0.4) is 0 Å². The minimum Gasteiger partial charge on any atom is -0.485 e. The Morgan fingerprint density at radius 1 is 1.00 bits per heavy atom. The lowest BCUT2D eigenvalue weighted by Crippen LogP contribution is -2.32. The molecule has 2 amide bonds. The van der Waals surface area contributed by atoms with Crippen LogP contribution in [0.15, 0.2) is 60.8 Å². The number of ether oxygens (including phenoxy) is 2. The predicted molar refractivity (Wildman–Crippen MR) is 138 cm³/mol. The minimum atomic E-state index is -0.712. The van der Waals surface area contributed by atoms with Crippen LogP contribution in [-0.4, -0.2) is 27.0 Å². The van der Waals surface area contributed by atoms with Gasteiger partial charge in [0.25, 0.3) is 5.91 Å². The van der Waals surface area contributed by atoms with E-state index in [0.717, 1.165) is 12.1 Å². The molecule has 2 aromatic heterocycles. The number of nitrogens with zero attached hydrogens (tertiary/aromatic N) is 2. The van der Waals surface area contributed by atoms with Gasteiger partial charge in [-0.25, -0.2) is 18.6 Å². The lowest BCUT2D eigenvalue weighted by Gasteiger charge is -2.20. The maximum absolute atomic E-state index is 14.0. The van der Waals surface area contributed by atoms with E-state index in [4.69, 9.17) is 9.47 Å². The van der Waals surface area contributed by atoms with Crippen LogP contribution in [0.2, 0.25) is 0 Å². The highest BCUT2D eigenvalue weighted by molar-refractivity contribution is 6.05. The molecule has 4 rings (SSSR count). The molecule has 0 unspecified atom stereocenters. The fourth-order valence-corrected chi connectivity index (χ4v) is 3.82. The quantitative estimate of drug-likeness (QED) is 0.321. The lowest BCUT2D eigenvalue weighted by molar-refractivity contribution is 0.0523. The molecule has 0 radical (unpaired) electrons. The number of nitrogens with one attached hydrogen (secondary N) is 2. The van der Waals surface area contributed by atoms with Crippen LogP contribution < -0.4 is 15.4 Å². The Hall–Kier alpha value is -4.47. The third-order valence-electron chi connectivity index (χ3n) is 5.52. The number of anilines is 1. The van der Waals surface area contributed by atoms with Crippen molar-refractivity contribution >= 4 is 23.3 Å². The summed E-state index contributed by atoms with van der Waals surface area (Å²) in [7, 11) is 0. The van der Waals surface area contributed by atoms with E-state index >= 15 is 0 Å². The van der Waals surface area contributed by atoms with Crippen LogP contribution in [-0.2, 0) is 17.9 Å². The molecule has 2 N–H and O–H groups in total. The van der Waals surface area contributed by atoms with Crippen molar-refractivity contribution in [1.82, 2.24) is 14.7 Å². The van der Waals surface area contributed by atoms with Crippen molar-refractivity contribution in [2.24, 2.45) is 0 Å². The normalized spacial score (nSPS) is 11.3. The van der Waals surface area contributed by atoms with Crippen LogP contribution in [0.25, 0.3) is 5.65 Å². The molecule has 8 nitrogen and oxygen atoms in total. The summed E-state index contributed by atoms with van der Waals surface area (Å²) in [6, 6.07) is 13.9. The molecule has 198 valence electrons. The first-order chi connectivity index (χ1) is 18.0. The van der Waals surface area contributed by atoms with Gasteiger partial charge in [0.1, 0.15) is 29.5 Å². The molecule has 0 saturated carbocycles. The Kier molecular flexibility index (Phi) is 7.61. The van der Waals surface area contributed by atoms with E-state index in [1.54, 1.807) is 74.7 Å². The first-order valence-electron chi connectivity index (χ1n) is 11.9. The highest BCUT2D eigenvalue weighted by Crippen LogP contribution is 2.25. The van der Waals surface area contributed by atoms with Gasteiger partial charge in [-0.15, -0.1) is 0 Å². The number of rotatable bonds is 7. The molecule has 0 fully saturated rings. The molecule has 0 aliphatic heterocycles. The molecule has 0 saturated heterocycles. The van der Waals surface area contributed by atoms with Crippen LogP contribution in [0.5, 0.6) is 5.75 Å². The van der Waals surface area contributed by atoms with Gasteiger partial charge in [0, 0.05) is 18.4 Å². The van der Waals surface area contributed by atoms with Crippen molar-refractivity contribution < 1.29 is 27.8 Å². The number of hydrogen-bond donors (Lipinski definition) is 2. The summed E-state index contributed by atoms with van der Waals surface area (Å²) in [5.74, 6) is -1.59. The second kappa shape index (κ2) is 10.9.